The third kappa shape index (κ3) is 6.79. The molecule has 0 amide bonds. The molecule has 0 aromatic carbocycles. The van der Waals surface area contributed by atoms with E-state index < -0.39 is 0 Å². The van der Waals surface area contributed by atoms with Crippen molar-refractivity contribution in [1.29, 1.82) is 0 Å². The van der Waals surface area contributed by atoms with Crippen molar-refractivity contribution < 1.29 is 0 Å². The molecule has 1 N–H and O–H groups in total. The van der Waals surface area contributed by atoms with Crippen molar-refractivity contribution in [3.05, 3.63) is 12.7 Å². The van der Waals surface area contributed by atoms with Gasteiger partial charge in [0.05, 0.1) is 0 Å². The van der Waals surface area contributed by atoms with Gasteiger partial charge in [-0.15, -0.1) is 6.58 Å². The Hall–Kier alpha value is -0.340. The maximum atomic E-state index is 3.73. The molecule has 0 aromatic heterocycles. The van der Waals surface area contributed by atoms with Crippen LogP contribution in [-0.4, -0.2) is 36.6 Å². The zero-order valence-corrected chi connectivity index (χ0v) is 9.72. The molecule has 0 aliphatic heterocycles. The van der Waals surface area contributed by atoms with Gasteiger partial charge in [-0.25, -0.2) is 0 Å². The molecule has 0 rings (SSSR count). The molecule has 1 unspecified atom stereocenters. The van der Waals surface area contributed by atoms with Crippen LogP contribution in [0.4, 0.5) is 0 Å². The second-order valence-corrected chi connectivity index (χ2v) is 4.71. The second kappa shape index (κ2) is 5.40. The summed E-state index contributed by atoms with van der Waals surface area (Å²) in [6, 6.07) is 0.553. The van der Waals surface area contributed by atoms with Crippen LogP contribution < -0.4 is 5.32 Å². The fraction of sp³-hybridized carbons (Fsp3) is 0.818. The van der Waals surface area contributed by atoms with Crippen LogP contribution in [0.15, 0.2) is 12.7 Å². The van der Waals surface area contributed by atoms with Crippen molar-refractivity contribution in [2.75, 3.05) is 20.1 Å². The van der Waals surface area contributed by atoms with E-state index >= 15 is 0 Å². The van der Waals surface area contributed by atoms with Gasteiger partial charge in [0, 0.05) is 24.7 Å². The lowest BCUT2D eigenvalue weighted by Gasteiger charge is -2.28. The Bertz CT molecular complexity index is 147. The van der Waals surface area contributed by atoms with Crippen LogP contribution in [-0.2, 0) is 0 Å². The Morgan fingerprint density at radius 1 is 1.46 bits per heavy atom. The van der Waals surface area contributed by atoms with E-state index in [1.165, 1.54) is 0 Å². The lowest BCUT2D eigenvalue weighted by Crippen LogP contribution is -2.45. The Morgan fingerprint density at radius 2 is 2.00 bits per heavy atom. The molecule has 13 heavy (non-hydrogen) atoms. The van der Waals surface area contributed by atoms with Crippen LogP contribution in [0, 0.1) is 0 Å². The van der Waals surface area contributed by atoms with Crippen LogP contribution in [0.25, 0.3) is 0 Å². The first-order valence-electron chi connectivity index (χ1n) is 4.93. The van der Waals surface area contributed by atoms with E-state index in [0.29, 0.717) is 6.04 Å². The van der Waals surface area contributed by atoms with Crippen LogP contribution >= 0.6 is 0 Å². The minimum atomic E-state index is 0.212. The van der Waals surface area contributed by atoms with E-state index in [-0.39, 0.29) is 5.54 Å². The molecule has 0 fully saturated rings. The van der Waals surface area contributed by atoms with E-state index in [1.807, 2.05) is 6.08 Å². The normalized spacial score (nSPS) is 14.6. The summed E-state index contributed by atoms with van der Waals surface area (Å²) in [5, 5.41) is 3.48. The largest absolute Gasteiger partial charge is 0.311 e. The predicted molar refractivity (Wildman–Crippen MR) is 60.0 cm³/mol. The highest BCUT2D eigenvalue weighted by atomic mass is 15.1. The predicted octanol–water partition coefficient (Wildman–Crippen LogP) is 1.88. The Kier molecular flexibility index (Phi) is 5.26. The topological polar surface area (TPSA) is 15.3 Å². The maximum Gasteiger partial charge on any atom is 0.0192 e. The Morgan fingerprint density at radius 3 is 2.38 bits per heavy atom. The minimum absolute atomic E-state index is 0.212. The fourth-order valence-corrected chi connectivity index (χ4v) is 0.993. The summed E-state index contributed by atoms with van der Waals surface area (Å²) >= 11 is 0. The number of nitrogens with zero attached hydrogens (tertiary/aromatic N) is 1. The molecule has 0 heterocycles. The molecule has 0 spiro atoms. The van der Waals surface area contributed by atoms with Crippen LogP contribution in [0.2, 0.25) is 0 Å². The maximum absolute atomic E-state index is 3.73. The molecule has 0 saturated heterocycles. The molecular weight excluding hydrogens is 160 g/mol. The zero-order valence-electron chi connectivity index (χ0n) is 9.72. The molecule has 2 nitrogen and oxygen atoms in total. The number of rotatable bonds is 5. The summed E-state index contributed by atoms with van der Waals surface area (Å²) in [5.41, 5.74) is 0.212. The van der Waals surface area contributed by atoms with Gasteiger partial charge in [0.1, 0.15) is 0 Å². The van der Waals surface area contributed by atoms with Crippen LogP contribution in [0.1, 0.15) is 27.7 Å². The van der Waals surface area contributed by atoms with E-state index in [4.69, 9.17) is 0 Å². The summed E-state index contributed by atoms with van der Waals surface area (Å²) in [5.74, 6) is 0. The first-order chi connectivity index (χ1) is 5.87. The molecular formula is C11H24N2. The SMILES string of the molecule is C=CCN(C)C(C)CNC(C)(C)C. The molecule has 1 atom stereocenters. The van der Waals surface area contributed by atoms with Crippen molar-refractivity contribution in [3.8, 4) is 0 Å². The molecule has 78 valence electrons. The third-order valence-electron chi connectivity index (χ3n) is 2.10. The Labute approximate surface area is 83.0 Å². The molecule has 0 bridgehead atoms. The average Bonchev–Trinajstić information content (AvgIpc) is 1.99. The molecule has 0 aromatic rings. The first-order valence-corrected chi connectivity index (χ1v) is 4.93. The minimum Gasteiger partial charge on any atom is -0.311 e. The Balaban J connectivity index is 3.73. The number of hydrogen-bond donors (Lipinski definition) is 1. The highest BCUT2D eigenvalue weighted by Gasteiger charge is 2.12. The van der Waals surface area contributed by atoms with Gasteiger partial charge in [-0.1, -0.05) is 6.08 Å². The van der Waals surface area contributed by atoms with E-state index in [1.54, 1.807) is 0 Å². The lowest BCUT2D eigenvalue weighted by atomic mass is 10.1. The van der Waals surface area contributed by atoms with Gasteiger partial charge in [0.15, 0.2) is 0 Å². The smallest absolute Gasteiger partial charge is 0.0192 e. The number of nitrogens with one attached hydrogen (secondary N) is 1. The van der Waals surface area contributed by atoms with Crippen molar-refractivity contribution in [2.45, 2.75) is 39.3 Å². The number of likely N-dealkylation sites (N-methyl/N-ethyl adjacent to an activating group) is 1. The zero-order chi connectivity index (χ0) is 10.5. The highest BCUT2D eigenvalue weighted by Crippen LogP contribution is 2.00. The molecule has 0 radical (unpaired) electrons. The second-order valence-electron chi connectivity index (χ2n) is 4.71. The van der Waals surface area contributed by atoms with Crippen molar-refractivity contribution in [3.63, 3.8) is 0 Å². The monoisotopic (exact) mass is 184 g/mol. The van der Waals surface area contributed by atoms with Gasteiger partial charge in [-0.2, -0.15) is 0 Å². The van der Waals surface area contributed by atoms with E-state index in [2.05, 4.69) is 51.5 Å². The van der Waals surface area contributed by atoms with Crippen LogP contribution in [0.5, 0.6) is 0 Å². The number of hydrogen-bond acceptors (Lipinski definition) is 2. The molecule has 2 heteroatoms. The molecule has 0 aliphatic rings. The van der Waals surface area contributed by atoms with Gasteiger partial charge in [-0.3, -0.25) is 4.90 Å². The fourth-order valence-electron chi connectivity index (χ4n) is 0.993. The summed E-state index contributed by atoms with van der Waals surface area (Å²) in [6.07, 6.45) is 1.94. The quantitative estimate of drug-likeness (QED) is 0.656. The van der Waals surface area contributed by atoms with Gasteiger partial charge in [0.25, 0.3) is 0 Å². The summed E-state index contributed by atoms with van der Waals surface area (Å²) in [4.78, 5) is 2.28. The van der Waals surface area contributed by atoms with Gasteiger partial charge >= 0.3 is 0 Å². The van der Waals surface area contributed by atoms with E-state index in [0.717, 1.165) is 13.1 Å². The molecule has 0 aliphatic carbocycles. The summed E-state index contributed by atoms with van der Waals surface area (Å²) in [7, 11) is 2.12. The highest BCUT2D eigenvalue weighted by molar-refractivity contribution is 4.78. The van der Waals surface area contributed by atoms with E-state index in [9.17, 15) is 0 Å². The van der Waals surface area contributed by atoms with Crippen LogP contribution in [0.3, 0.4) is 0 Å². The molecule has 0 saturated carbocycles. The van der Waals surface area contributed by atoms with Gasteiger partial charge < -0.3 is 5.32 Å². The summed E-state index contributed by atoms with van der Waals surface area (Å²) < 4.78 is 0. The first kappa shape index (κ1) is 12.7. The van der Waals surface area contributed by atoms with Gasteiger partial charge in [0.2, 0.25) is 0 Å². The van der Waals surface area contributed by atoms with Crippen molar-refractivity contribution >= 4 is 0 Å². The lowest BCUT2D eigenvalue weighted by molar-refractivity contribution is 0.256. The average molecular weight is 184 g/mol. The standard InChI is InChI=1S/C11H24N2/c1-7-8-13(6)10(2)9-12-11(3,4)5/h7,10,12H,1,8-9H2,2-6H3. The van der Waals surface area contributed by atoms with Gasteiger partial charge in [-0.05, 0) is 34.7 Å². The van der Waals surface area contributed by atoms with Crippen molar-refractivity contribution in [1.82, 2.24) is 10.2 Å². The third-order valence-corrected chi connectivity index (χ3v) is 2.10. The van der Waals surface area contributed by atoms with Crippen molar-refractivity contribution in [2.24, 2.45) is 0 Å². The summed E-state index contributed by atoms with van der Waals surface area (Å²) in [6.45, 7) is 14.5.